The van der Waals surface area contributed by atoms with Crippen molar-refractivity contribution in [2.45, 2.75) is 45.8 Å². The predicted octanol–water partition coefficient (Wildman–Crippen LogP) is 1.62. The fourth-order valence-electron chi connectivity index (χ4n) is 1.26. The number of carbonyl (C=O) groups is 1. The highest BCUT2D eigenvalue weighted by Crippen LogP contribution is 2.24. The standard InChI is InChI=1S/C14H20BO3/c1-10-6-7-11(9-16)12(8-10)15-18-14(4,5)13(2,3)17/h6-9,17H,1-5H3. The molecule has 0 aromatic heterocycles. The summed E-state index contributed by atoms with van der Waals surface area (Å²) < 4.78 is 5.64. The van der Waals surface area contributed by atoms with E-state index in [1.807, 2.05) is 19.1 Å². The first-order valence-electron chi connectivity index (χ1n) is 5.96. The summed E-state index contributed by atoms with van der Waals surface area (Å²) in [4.78, 5) is 10.9. The van der Waals surface area contributed by atoms with Gasteiger partial charge in [0.15, 0.2) is 0 Å². The monoisotopic (exact) mass is 247 g/mol. The minimum Gasteiger partial charge on any atom is -0.427 e. The van der Waals surface area contributed by atoms with Crippen molar-refractivity contribution in [2.75, 3.05) is 0 Å². The van der Waals surface area contributed by atoms with Crippen molar-refractivity contribution in [1.29, 1.82) is 0 Å². The van der Waals surface area contributed by atoms with Gasteiger partial charge in [0.25, 0.3) is 0 Å². The maximum atomic E-state index is 10.9. The number of aryl methyl sites for hydroxylation is 1. The van der Waals surface area contributed by atoms with Crippen LogP contribution < -0.4 is 5.46 Å². The van der Waals surface area contributed by atoms with Gasteiger partial charge in [0, 0.05) is 5.56 Å². The molecule has 0 aliphatic heterocycles. The third-order valence-corrected chi connectivity index (χ3v) is 3.32. The van der Waals surface area contributed by atoms with Crippen LogP contribution in [0.25, 0.3) is 0 Å². The molecule has 1 rings (SSSR count). The van der Waals surface area contributed by atoms with Crippen LogP contribution in [0.5, 0.6) is 0 Å². The number of aliphatic hydroxyl groups is 1. The molecule has 0 saturated carbocycles. The van der Waals surface area contributed by atoms with Crippen LogP contribution in [0.3, 0.4) is 0 Å². The van der Waals surface area contributed by atoms with Gasteiger partial charge in [-0.1, -0.05) is 23.8 Å². The van der Waals surface area contributed by atoms with E-state index in [4.69, 9.17) is 4.65 Å². The average Bonchev–Trinajstić information content (AvgIpc) is 2.25. The second kappa shape index (κ2) is 5.25. The van der Waals surface area contributed by atoms with Gasteiger partial charge in [-0.15, -0.1) is 0 Å². The van der Waals surface area contributed by atoms with Crippen molar-refractivity contribution in [3.63, 3.8) is 0 Å². The van der Waals surface area contributed by atoms with Gasteiger partial charge in [-0.25, -0.2) is 0 Å². The SMILES string of the molecule is Cc1ccc(C=O)c([B]OC(C)(C)C(C)(C)O)c1. The zero-order chi connectivity index (χ0) is 14.0. The highest BCUT2D eigenvalue weighted by Gasteiger charge is 2.35. The van der Waals surface area contributed by atoms with Crippen LogP contribution in [0.4, 0.5) is 0 Å². The van der Waals surface area contributed by atoms with Crippen LogP contribution in [-0.2, 0) is 4.65 Å². The van der Waals surface area contributed by atoms with Crippen LogP contribution >= 0.6 is 0 Å². The van der Waals surface area contributed by atoms with Crippen molar-refractivity contribution < 1.29 is 14.6 Å². The zero-order valence-electron chi connectivity index (χ0n) is 11.7. The van der Waals surface area contributed by atoms with Gasteiger partial charge in [-0.05, 0) is 40.1 Å². The molecule has 1 aromatic carbocycles. The lowest BCUT2D eigenvalue weighted by Gasteiger charge is -2.37. The molecule has 1 N–H and O–H groups in total. The normalized spacial score (nSPS) is 12.3. The summed E-state index contributed by atoms with van der Waals surface area (Å²) in [6.45, 7) is 8.95. The maximum Gasteiger partial charge on any atom is 0.331 e. The van der Waals surface area contributed by atoms with Gasteiger partial charge >= 0.3 is 7.48 Å². The van der Waals surface area contributed by atoms with E-state index >= 15 is 0 Å². The molecule has 0 heterocycles. The smallest absolute Gasteiger partial charge is 0.331 e. The summed E-state index contributed by atoms with van der Waals surface area (Å²) in [5.74, 6) is 0. The number of benzene rings is 1. The Hall–Kier alpha value is -1.13. The summed E-state index contributed by atoms with van der Waals surface area (Å²) in [5, 5.41) is 9.99. The van der Waals surface area contributed by atoms with Crippen LogP contribution in [0, 0.1) is 6.92 Å². The third-order valence-electron chi connectivity index (χ3n) is 3.32. The first-order chi connectivity index (χ1) is 8.17. The van der Waals surface area contributed by atoms with Gasteiger partial charge in [0.05, 0.1) is 11.2 Å². The summed E-state index contributed by atoms with van der Waals surface area (Å²) in [6.07, 6.45) is 0.797. The molecule has 0 aliphatic carbocycles. The number of rotatable bonds is 5. The van der Waals surface area contributed by atoms with Crippen molar-refractivity contribution in [3.8, 4) is 0 Å². The first kappa shape index (κ1) is 14.9. The second-order valence-corrected chi connectivity index (χ2v) is 5.56. The molecule has 0 unspecified atom stereocenters. The van der Waals surface area contributed by atoms with Crippen molar-refractivity contribution in [2.24, 2.45) is 0 Å². The molecule has 0 amide bonds. The van der Waals surface area contributed by atoms with Gasteiger partial charge in [0.2, 0.25) is 0 Å². The van der Waals surface area contributed by atoms with E-state index < -0.39 is 11.2 Å². The highest BCUT2D eigenvalue weighted by atomic mass is 16.5. The van der Waals surface area contributed by atoms with E-state index in [9.17, 15) is 9.90 Å². The molecule has 4 heteroatoms. The van der Waals surface area contributed by atoms with Crippen LogP contribution in [0.2, 0.25) is 0 Å². The number of carbonyl (C=O) groups excluding carboxylic acids is 1. The molecule has 0 bridgehead atoms. The third kappa shape index (κ3) is 3.43. The van der Waals surface area contributed by atoms with Crippen molar-refractivity contribution in [1.82, 2.24) is 0 Å². The first-order valence-corrected chi connectivity index (χ1v) is 5.96. The summed E-state index contributed by atoms with van der Waals surface area (Å²) in [6, 6.07) is 5.51. The topological polar surface area (TPSA) is 46.5 Å². The lowest BCUT2D eigenvalue weighted by Crippen LogP contribution is -2.49. The Morgan fingerprint density at radius 3 is 2.39 bits per heavy atom. The van der Waals surface area contributed by atoms with E-state index in [-0.39, 0.29) is 0 Å². The predicted molar refractivity (Wildman–Crippen MR) is 73.4 cm³/mol. The molecule has 1 radical (unpaired) electrons. The lowest BCUT2D eigenvalue weighted by atomic mass is 9.80. The van der Waals surface area contributed by atoms with Crippen molar-refractivity contribution >= 4 is 19.2 Å². The molecule has 18 heavy (non-hydrogen) atoms. The average molecular weight is 247 g/mol. The summed E-state index contributed by atoms with van der Waals surface area (Å²) in [5.41, 5.74) is 0.636. The van der Waals surface area contributed by atoms with Gasteiger partial charge in [-0.2, -0.15) is 0 Å². The number of hydrogen-bond donors (Lipinski definition) is 1. The van der Waals surface area contributed by atoms with E-state index in [1.54, 1.807) is 33.8 Å². The molecule has 97 valence electrons. The van der Waals surface area contributed by atoms with Crippen LogP contribution in [0.1, 0.15) is 43.6 Å². The highest BCUT2D eigenvalue weighted by molar-refractivity contribution is 6.49. The Labute approximate surface area is 109 Å². The minimum atomic E-state index is -0.978. The second-order valence-electron chi connectivity index (χ2n) is 5.56. The quantitative estimate of drug-likeness (QED) is 0.635. The molecule has 0 aliphatic rings. The van der Waals surface area contributed by atoms with Gasteiger partial charge in [-0.3, -0.25) is 4.79 Å². The molecular weight excluding hydrogens is 227 g/mol. The fraction of sp³-hybridized carbons (Fsp3) is 0.500. The summed E-state index contributed by atoms with van der Waals surface area (Å²) >= 11 is 0. The lowest BCUT2D eigenvalue weighted by molar-refractivity contribution is -0.0893. The van der Waals surface area contributed by atoms with E-state index in [1.165, 1.54) is 7.48 Å². The van der Waals surface area contributed by atoms with Crippen molar-refractivity contribution in [3.05, 3.63) is 29.3 Å². The molecular formula is C14H20BO3. The van der Waals surface area contributed by atoms with Gasteiger partial charge in [0.1, 0.15) is 6.29 Å². The van der Waals surface area contributed by atoms with E-state index in [2.05, 4.69) is 0 Å². The largest absolute Gasteiger partial charge is 0.427 e. The van der Waals surface area contributed by atoms with E-state index in [0.717, 1.165) is 17.3 Å². The Morgan fingerprint density at radius 1 is 1.28 bits per heavy atom. The molecule has 0 spiro atoms. The molecule has 1 aromatic rings. The van der Waals surface area contributed by atoms with Crippen LogP contribution in [-0.4, -0.2) is 30.1 Å². The molecule has 0 atom stereocenters. The van der Waals surface area contributed by atoms with E-state index in [0.29, 0.717) is 5.56 Å². The molecule has 0 saturated heterocycles. The Kier molecular flexibility index (Phi) is 4.35. The number of aldehydes is 1. The zero-order valence-corrected chi connectivity index (χ0v) is 11.7. The molecule has 3 nitrogen and oxygen atoms in total. The van der Waals surface area contributed by atoms with Gasteiger partial charge < -0.3 is 9.76 Å². The summed E-state index contributed by atoms with van der Waals surface area (Å²) in [7, 11) is 1.54. The Bertz CT molecular complexity index is 433. The van der Waals surface area contributed by atoms with Crippen LogP contribution in [0.15, 0.2) is 18.2 Å². The Balaban J connectivity index is 2.87. The minimum absolute atomic E-state index is 0.576. The fourth-order valence-corrected chi connectivity index (χ4v) is 1.26. The molecule has 0 fully saturated rings. The number of hydrogen-bond acceptors (Lipinski definition) is 3. The maximum absolute atomic E-state index is 10.9. The Morgan fingerprint density at radius 2 is 1.89 bits per heavy atom.